The summed E-state index contributed by atoms with van der Waals surface area (Å²) in [5, 5.41) is 0. The minimum absolute atomic E-state index is 0.186. The highest BCUT2D eigenvalue weighted by Crippen LogP contribution is 2.33. The Kier molecular flexibility index (Phi) is 3.30. The molecule has 4 heteroatoms. The average molecular weight is 245 g/mol. The molecular weight excluding hydrogens is 230 g/mol. The standard InChI is InChI=1S/C14H15NO3/c1-4-9(2)18-14-13(17)11-7-5-6-8-12(11)15(14)10(3)16/h4-9,14H,1H2,2-3H3. The number of hydrogen-bond donors (Lipinski definition) is 0. The van der Waals surface area contributed by atoms with Gasteiger partial charge in [0, 0.05) is 12.5 Å². The second-order valence-electron chi connectivity index (χ2n) is 4.20. The molecule has 1 aromatic rings. The fourth-order valence-corrected chi connectivity index (χ4v) is 1.98. The molecule has 2 rings (SSSR count). The van der Waals surface area contributed by atoms with Gasteiger partial charge in [-0.25, -0.2) is 0 Å². The van der Waals surface area contributed by atoms with Crippen LogP contribution >= 0.6 is 0 Å². The lowest BCUT2D eigenvalue weighted by Gasteiger charge is -2.24. The van der Waals surface area contributed by atoms with Crippen molar-refractivity contribution in [2.45, 2.75) is 26.2 Å². The Balaban J connectivity index is 2.40. The summed E-state index contributed by atoms with van der Waals surface area (Å²) in [6.45, 7) is 6.81. The highest BCUT2D eigenvalue weighted by atomic mass is 16.5. The van der Waals surface area contributed by atoms with Crippen LogP contribution in [-0.2, 0) is 9.53 Å². The van der Waals surface area contributed by atoms with Crippen molar-refractivity contribution < 1.29 is 14.3 Å². The Bertz CT molecular complexity index is 510. The van der Waals surface area contributed by atoms with E-state index in [0.717, 1.165) is 0 Å². The van der Waals surface area contributed by atoms with Gasteiger partial charge in [0.2, 0.25) is 17.9 Å². The molecule has 0 bridgehead atoms. The van der Waals surface area contributed by atoms with E-state index in [-0.39, 0.29) is 17.8 Å². The molecular formula is C14H15NO3. The summed E-state index contributed by atoms with van der Waals surface area (Å²) in [6, 6.07) is 7.02. The molecule has 1 aromatic carbocycles. The lowest BCUT2D eigenvalue weighted by atomic mass is 10.1. The fourth-order valence-electron chi connectivity index (χ4n) is 1.98. The van der Waals surface area contributed by atoms with Gasteiger partial charge < -0.3 is 4.74 Å². The van der Waals surface area contributed by atoms with Crippen molar-refractivity contribution in [1.82, 2.24) is 0 Å². The van der Waals surface area contributed by atoms with Crippen LogP contribution in [0.3, 0.4) is 0 Å². The zero-order valence-electron chi connectivity index (χ0n) is 10.4. The van der Waals surface area contributed by atoms with Gasteiger partial charge in [0.05, 0.1) is 11.8 Å². The third-order valence-corrected chi connectivity index (χ3v) is 2.90. The molecule has 4 nitrogen and oxygen atoms in total. The van der Waals surface area contributed by atoms with Crippen LogP contribution in [0.2, 0.25) is 0 Å². The van der Waals surface area contributed by atoms with Crippen molar-refractivity contribution in [3.05, 3.63) is 42.5 Å². The summed E-state index contributed by atoms with van der Waals surface area (Å²) in [5.74, 6) is -0.399. The first-order chi connectivity index (χ1) is 8.56. The molecule has 1 aliphatic heterocycles. The van der Waals surface area contributed by atoms with Gasteiger partial charge in [-0.15, -0.1) is 6.58 Å². The number of anilines is 1. The number of rotatable bonds is 3. The molecule has 2 atom stereocenters. The van der Waals surface area contributed by atoms with E-state index < -0.39 is 6.23 Å². The summed E-state index contributed by atoms with van der Waals surface area (Å²) >= 11 is 0. The summed E-state index contributed by atoms with van der Waals surface area (Å²) < 4.78 is 5.57. The van der Waals surface area contributed by atoms with Gasteiger partial charge in [0.25, 0.3) is 0 Å². The first-order valence-electron chi connectivity index (χ1n) is 5.77. The van der Waals surface area contributed by atoms with Crippen LogP contribution in [0.5, 0.6) is 0 Å². The maximum Gasteiger partial charge on any atom is 0.226 e. The maximum absolute atomic E-state index is 12.2. The Morgan fingerprint density at radius 2 is 2.17 bits per heavy atom. The molecule has 0 radical (unpaired) electrons. The van der Waals surface area contributed by atoms with Crippen molar-refractivity contribution in [2.75, 3.05) is 4.90 Å². The predicted octanol–water partition coefficient (Wildman–Crippen LogP) is 2.15. The van der Waals surface area contributed by atoms with Crippen molar-refractivity contribution in [2.24, 2.45) is 0 Å². The summed E-state index contributed by atoms with van der Waals surface area (Å²) in [7, 11) is 0. The first kappa shape index (κ1) is 12.5. The van der Waals surface area contributed by atoms with E-state index in [0.29, 0.717) is 11.3 Å². The Morgan fingerprint density at radius 3 is 2.78 bits per heavy atom. The number of ether oxygens (including phenoxy) is 1. The minimum atomic E-state index is -0.882. The molecule has 1 amide bonds. The minimum Gasteiger partial charge on any atom is -0.343 e. The van der Waals surface area contributed by atoms with Gasteiger partial charge in [-0.05, 0) is 19.1 Å². The van der Waals surface area contributed by atoms with Crippen LogP contribution in [0.1, 0.15) is 24.2 Å². The lowest BCUT2D eigenvalue weighted by molar-refractivity contribution is -0.118. The number of carbonyl (C=O) groups is 2. The number of carbonyl (C=O) groups excluding carboxylic acids is 2. The van der Waals surface area contributed by atoms with Gasteiger partial charge in [0.1, 0.15) is 0 Å². The van der Waals surface area contributed by atoms with Crippen molar-refractivity contribution >= 4 is 17.4 Å². The van der Waals surface area contributed by atoms with E-state index in [1.165, 1.54) is 11.8 Å². The van der Waals surface area contributed by atoms with Crippen LogP contribution in [0.25, 0.3) is 0 Å². The number of benzene rings is 1. The summed E-state index contributed by atoms with van der Waals surface area (Å²) in [4.78, 5) is 25.3. The molecule has 94 valence electrons. The van der Waals surface area contributed by atoms with E-state index >= 15 is 0 Å². The van der Waals surface area contributed by atoms with Crippen LogP contribution in [-0.4, -0.2) is 24.0 Å². The number of nitrogens with zero attached hydrogens (tertiary/aromatic N) is 1. The molecule has 2 unspecified atom stereocenters. The first-order valence-corrected chi connectivity index (χ1v) is 5.77. The van der Waals surface area contributed by atoms with Crippen LogP contribution in [0.4, 0.5) is 5.69 Å². The maximum atomic E-state index is 12.2. The molecule has 0 N–H and O–H groups in total. The third kappa shape index (κ3) is 1.95. The predicted molar refractivity (Wildman–Crippen MR) is 68.5 cm³/mol. The van der Waals surface area contributed by atoms with E-state index in [9.17, 15) is 9.59 Å². The molecule has 0 aliphatic carbocycles. The zero-order chi connectivity index (χ0) is 13.3. The second-order valence-corrected chi connectivity index (χ2v) is 4.20. The van der Waals surface area contributed by atoms with Crippen LogP contribution in [0, 0.1) is 0 Å². The quantitative estimate of drug-likeness (QED) is 0.766. The molecule has 0 fully saturated rings. The topological polar surface area (TPSA) is 46.6 Å². The van der Waals surface area contributed by atoms with Crippen molar-refractivity contribution in [3.8, 4) is 0 Å². The van der Waals surface area contributed by atoms with Crippen LogP contribution in [0.15, 0.2) is 36.9 Å². The van der Waals surface area contributed by atoms with Gasteiger partial charge in [-0.3, -0.25) is 14.5 Å². The largest absolute Gasteiger partial charge is 0.343 e. The number of para-hydroxylation sites is 1. The summed E-state index contributed by atoms with van der Waals surface area (Å²) in [6.07, 6.45) is 0.414. The number of fused-ring (bicyclic) bond motifs is 1. The normalized spacial score (nSPS) is 19.6. The molecule has 18 heavy (non-hydrogen) atoms. The van der Waals surface area contributed by atoms with E-state index in [2.05, 4.69) is 6.58 Å². The van der Waals surface area contributed by atoms with E-state index in [1.54, 1.807) is 37.3 Å². The monoisotopic (exact) mass is 245 g/mol. The number of Topliss-reactive ketones (excluding diaryl/α,β-unsaturated/α-hetero) is 1. The molecule has 1 heterocycles. The van der Waals surface area contributed by atoms with Gasteiger partial charge in [-0.2, -0.15) is 0 Å². The SMILES string of the molecule is C=CC(C)OC1C(=O)c2ccccc2N1C(C)=O. The molecule has 0 aromatic heterocycles. The lowest BCUT2D eigenvalue weighted by Crippen LogP contribution is -2.42. The van der Waals surface area contributed by atoms with Crippen molar-refractivity contribution in [3.63, 3.8) is 0 Å². The Morgan fingerprint density at radius 1 is 1.50 bits per heavy atom. The summed E-state index contributed by atoms with van der Waals surface area (Å²) in [5.41, 5.74) is 1.13. The van der Waals surface area contributed by atoms with Gasteiger partial charge >= 0.3 is 0 Å². The van der Waals surface area contributed by atoms with Gasteiger partial charge in [-0.1, -0.05) is 18.2 Å². The van der Waals surface area contributed by atoms with Crippen LogP contribution < -0.4 is 4.90 Å². The highest BCUT2D eigenvalue weighted by molar-refractivity contribution is 6.16. The van der Waals surface area contributed by atoms with E-state index in [1.807, 2.05) is 0 Å². The Hall–Kier alpha value is -1.94. The molecule has 0 spiro atoms. The number of ketones is 1. The van der Waals surface area contributed by atoms with Gasteiger partial charge in [0.15, 0.2) is 0 Å². The molecule has 0 saturated heterocycles. The smallest absolute Gasteiger partial charge is 0.226 e. The van der Waals surface area contributed by atoms with Crippen molar-refractivity contribution in [1.29, 1.82) is 0 Å². The number of hydrogen-bond acceptors (Lipinski definition) is 3. The zero-order valence-corrected chi connectivity index (χ0v) is 10.4. The fraction of sp³-hybridized carbons (Fsp3) is 0.286. The van der Waals surface area contributed by atoms with E-state index in [4.69, 9.17) is 4.74 Å². The second kappa shape index (κ2) is 4.74. The molecule has 0 saturated carbocycles. The average Bonchev–Trinajstić information content (AvgIpc) is 2.63. The highest BCUT2D eigenvalue weighted by Gasteiger charge is 2.40. The third-order valence-electron chi connectivity index (χ3n) is 2.90. The Labute approximate surface area is 106 Å². The molecule has 1 aliphatic rings. The number of amides is 1.